The van der Waals surface area contributed by atoms with E-state index in [-0.39, 0.29) is 12.0 Å². The van der Waals surface area contributed by atoms with Gasteiger partial charge in [0, 0.05) is 26.2 Å². The number of β-amino-alcohol motifs (C(OH)–C–C–N with tert-alkyl or cyclic N) is 1. The van der Waals surface area contributed by atoms with Crippen molar-refractivity contribution in [3.63, 3.8) is 0 Å². The summed E-state index contributed by atoms with van der Waals surface area (Å²) in [6, 6.07) is 0. The van der Waals surface area contributed by atoms with Gasteiger partial charge in [0.05, 0.1) is 12.6 Å². The van der Waals surface area contributed by atoms with Crippen LogP contribution in [0.5, 0.6) is 0 Å². The van der Waals surface area contributed by atoms with Gasteiger partial charge in [-0.15, -0.1) is 0 Å². The first-order valence-electron chi connectivity index (χ1n) is 5.94. The molecule has 2 fully saturated rings. The van der Waals surface area contributed by atoms with Crippen molar-refractivity contribution in [3.05, 3.63) is 0 Å². The van der Waals surface area contributed by atoms with Crippen molar-refractivity contribution in [1.82, 2.24) is 9.80 Å². The molecule has 2 aliphatic heterocycles. The van der Waals surface area contributed by atoms with Crippen molar-refractivity contribution < 1.29 is 9.90 Å². The molecule has 2 aliphatic rings. The largest absolute Gasteiger partial charge is 0.390 e. The molecule has 4 heteroatoms. The Morgan fingerprint density at radius 1 is 1.13 bits per heavy atom. The van der Waals surface area contributed by atoms with Crippen molar-refractivity contribution in [1.29, 1.82) is 0 Å². The number of carbonyl (C=O) groups is 1. The van der Waals surface area contributed by atoms with Crippen molar-refractivity contribution >= 4 is 5.91 Å². The van der Waals surface area contributed by atoms with Gasteiger partial charge in [-0.1, -0.05) is 12.8 Å². The minimum absolute atomic E-state index is 0.207. The number of carbonyl (C=O) groups excluding carboxylic acids is 1. The molecule has 0 aromatic rings. The quantitative estimate of drug-likeness (QED) is 0.704. The van der Waals surface area contributed by atoms with E-state index in [1.165, 1.54) is 12.8 Å². The fourth-order valence-electron chi connectivity index (χ4n) is 2.28. The van der Waals surface area contributed by atoms with E-state index in [2.05, 4.69) is 0 Å². The first-order valence-corrected chi connectivity index (χ1v) is 5.94. The van der Waals surface area contributed by atoms with Gasteiger partial charge in [-0.25, -0.2) is 0 Å². The minimum atomic E-state index is -0.207. The molecule has 0 atom stereocenters. The highest BCUT2D eigenvalue weighted by Crippen LogP contribution is 2.12. The Labute approximate surface area is 90.9 Å². The van der Waals surface area contributed by atoms with Crippen LogP contribution in [0, 0.1) is 0 Å². The van der Waals surface area contributed by atoms with Gasteiger partial charge < -0.3 is 10.0 Å². The van der Waals surface area contributed by atoms with Gasteiger partial charge in [0.15, 0.2) is 0 Å². The van der Waals surface area contributed by atoms with E-state index in [0.29, 0.717) is 19.6 Å². The van der Waals surface area contributed by atoms with Crippen LogP contribution in [0.25, 0.3) is 0 Å². The van der Waals surface area contributed by atoms with Crippen LogP contribution in [0.3, 0.4) is 0 Å². The number of rotatable bonds is 2. The van der Waals surface area contributed by atoms with Crippen LogP contribution in [0.15, 0.2) is 0 Å². The standard InChI is InChI=1S/C11H20N2O2/c14-10-7-12(8-10)9-11(15)13-5-3-1-2-4-6-13/h10,14H,1-9H2. The van der Waals surface area contributed by atoms with E-state index >= 15 is 0 Å². The number of amides is 1. The molecule has 0 aliphatic carbocycles. The summed E-state index contributed by atoms with van der Waals surface area (Å²) in [7, 11) is 0. The van der Waals surface area contributed by atoms with Crippen LogP contribution in [-0.2, 0) is 4.79 Å². The summed E-state index contributed by atoms with van der Waals surface area (Å²) in [4.78, 5) is 15.9. The second-order valence-electron chi connectivity index (χ2n) is 4.64. The van der Waals surface area contributed by atoms with Gasteiger partial charge in [0.1, 0.15) is 0 Å². The maximum Gasteiger partial charge on any atom is 0.236 e. The third-order valence-electron chi connectivity index (χ3n) is 3.26. The highest BCUT2D eigenvalue weighted by molar-refractivity contribution is 5.78. The van der Waals surface area contributed by atoms with E-state index in [1.807, 2.05) is 9.80 Å². The number of nitrogens with zero attached hydrogens (tertiary/aromatic N) is 2. The molecule has 0 spiro atoms. The summed E-state index contributed by atoms with van der Waals surface area (Å²) in [5.41, 5.74) is 0. The average Bonchev–Trinajstić information content (AvgIpc) is 2.43. The lowest BCUT2D eigenvalue weighted by Crippen LogP contribution is -2.54. The van der Waals surface area contributed by atoms with Crippen LogP contribution >= 0.6 is 0 Å². The molecule has 0 saturated carbocycles. The molecule has 2 saturated heterocycles. The molecule has 0 bridgehead atoms. The van der Waals surface area contributed by atoms with Crippen molar-refractivity contribution in [2.45, 2.75) is 31.8 Å². The second kappa shape index (κ2) is 4.94. The van der Waals surface area contributed by atoms with Crippen molar-refractivity contribution in [2.75, 3.05) is 32.7 Å². The lowest BCUT2D eigenvalue weighted by molar-refractivity contribution is -0.135. The molecule has 2 heterocycles. The molecule has 0 aromatic carbocycles. The summed E-state index contributed by atoms with van der Waals surface area (Å²) < 4.78 is 0. The summed E-state index contributed by atoms with van der Waals surface area (Å²) in [6.07, 6.45) is 4.60. The number of aliphatic hydroxyl groups is 1. The summed E-state index contributed by atoms with van der Waals surface area (Å²) in [6.45, 7) is 3.68. The van der Waals surface area contributed by atoms with Crippen LogP contribution in [0.1, 0.15) is 25.7 Å². The smallest absolute Gasteiger partial charge is 0.236 e. The minimum Gasteiger partial charge on any atom is -0.390 e. The zero-order valence-corrected chi connectivity index (χ0v) is 9.19. The van der Waals surface area contributed by atoms with Gasteiger partial charge in [0.2, 0.25) is 5.91 Å². The normalized spacial score (nSPS) is 24.7. The van der Waals surface area contributed by atoms with E-state index in [9.17, 15) is 4.79 Å². The number of aliphatic hydroxyl groups excluding tert-OH is 1. The average molecular weight is 212 g/mol. The number of likely N-dealkylation sites (tertiary alicyclic amines) is 2. The molecular weight excluding hydrogens is 192 g/mol. The van der Waals surface area contributed by atoms with E-state index in [0.717, 1.165) is 25.9 Å². The number of hydrogen-bond donors (Lipinski definition) is 1. The van der Waals surface area contributed by atoms with E-state index in [4.69, 9.17) is 5.11 Å². The fraction of sp³-hybridized carbons (Fsp3) is 0.909. The predicted molar refractivity (Wildman–Crippen MR) is 57.5 cm³/mol. The van der Waals surface area contributed by atoms with Gasteiger partial charge in [0.25, 0.3) is 0 Å². The first kappa shape index (κ1) is 10.9. The zero-order valence-electron chi connectivity index (χ0n) is 9.19. The fourth-order valence-corrected chi connectivity index (χ4v) is 2.28. The van der Waals surface area contributed by atoms with Gasteiger partial charge in [-0.05, 0) is 12.8 Å². The van der Waals surface area contributed by atoms with Crippen LogP contribution in [0.2, 0.25) is 0 Å². The molecule has 0 radical (unpaired) electrons. The van der Waals surface area contributed by atoms with E-state index < -0.39 is 0 Å². The molecular formula is C11H20N2O2. The highest BCUT2D eigenvalue weighted by atomic mass is 16.3. The Morgan fingerprint density at radius 3 is 2.27 bits per heavy atom. The Bertz CT molecular complexity index is 219. The molecule has 0 aromatic heterocycles. The molecule has 0 unspecified atom stereocenters. The molecule has 86 valence electrons. The molecule has 1 N–H and O–H groups in total. The third-order valence-corrected chi connectivity index (χ3v) is 3.26. The Balaban J connectivity index is 1.74. The Hall–Kier alpha value is -0.610. The summed E-state index contributed by atoms with van der Waals surface area (Å²) in [5, 5.41) is 9.12. The maximum absolute atomic E-state index is 11.9. The van der Waals surface area contributed by atoms with Crippen LogP contribution in [0.4, 0.5) is 0 Å². The summed E-state index contributed by atoms with van der Waals surface area (Å²) in [5.74, 6) is 0.240. The van der Waals surface area contributed by atoms with Crippen molar-refractivity contribution in [3.8, 4) is 0 Å². The molecule has 4 nitrogen and oxygen atoms in total. The third kappa shape index (κ3) is 2.92. The van der Waals surface area contributed by atoms with Crippen LogP contribution in [-0.4, -0.2) is 59.6 Å². The van der Waals surface area contributed by atoms with Crippen molar-refractivity contribution in [2.24, 2.45) is 0 Å². The lowest BCUT2D eigenvalue weighted by atomic mass is 10.2. The Morgan fingerprint density at radius 2 is 1.73 bits per heavy atom. The van der Waals surface area contributed by atoms with Crippen LogP contribution < -0.4 is 0 Å². The summed E-state index contributed by atoms with van der Waals surface area (Å²) >= 11 is 0. The zero-order chi connectivity index (χ0) is 10.7. The highest BCUT2D eigenvalue weighted by Gasteiger charge is 2.27. The van der Waals surface area contributed by atoms with Gasteiger partial charge in [-0.3, -0.25) is 9.69 Å². The molecule has 1 amide bonds. The number of hydrogen-bond acceptors (Lipinski definition) is 3. The predicted octanol–water partition coefficient (Wildman–Crippen LogP) is 0.0655. The van der Waals surface area contributed by atoms with E-state index in [1.54, 1.807) is 0 Å². The molecule has 15 heavy (non-hydrogen) atoms. The molecule has 2 rings (SSSR count). The Kier molecular flexibility index (Phi) is 3.59. The topological polar surface area (TPSA) is 43.8 Å². The monoisotopic (exact) mass is 212 g/mol. The second-order valence-corrected chi connectivity index (χ2v) is 4.64. The SMILES string of the molecule is O=C(CN1CC(O)C1)N1CCCCCC1. The van der Waals surface area contributed by atoms with Gasteiger partial charge in [-0.2, -0.15) is 0 Å². The maximum atomic E-state index is 11.9. The lowest BCUT2D eigenvalue weighted by Gasteiger charge is -2.36. The van der Waals surface area contributed by atoms with Gasteiger partial charge >= 0.3 is 0 Å². The first-order chi connectivity index (χ1) is 7.25.